The van der Waals surface area contributed by atoms with Crippen LogP contribution in [0.3, 0.4) is 0 Å². The number of nitrogens with one attached hydrogen (secondary N) is 2. The van der Waals surface area contributed by atoms with E-state index in [2.05, 4.69) is 10.6 Å². The molecule has 34 heavy (non-hydrogen) atoms. The number of rotatable bonds is 6. The number of ether oxygens (including phenoxy) is 4. The maximum atomic E-state index is 11.6. The molecule has 0 bridgehead atoms. The molecule has 184 valence electrons. The fraction of sp³-hybridized carbons (Fsp3) is 0.462. The van der Waals surface area contributed by atoms with Gasteiger partial charge in [-0.25, -0.2) is 0 Å². The van der Waals surface area contributed by atoms with Crippen LogP contribution in [0, 0.1) is 11.8 Å². The lowest BCUT2D eigenvalue weighted by atomic mass is 9.99. The van der Waals surface area contributed by atoms with E-state index in [1.54, 1.807) is 28.4 Å². The zero-order valence-corrected chi connectivity index (χ0v) is 20.6. The molecular weight excluding hydrogens is 436 g/mol. The number of carbonyl (C=O) groups is 2. The van der Waals surface area contributed by atoms with Gasteiger partial charge in [-0.3, -0.25) is 9.59 Å². The van der Waals surface area contributed by atoms with Crippen LogP contribution in [0.2, 0.25) is 0 Å². The minimum absolute atomic E-state index is 0.0244. The maximum absolute atomic E-state index is 11.6. The number of hydrogen-bond acceptors (Lipinski definition) is 6. The molecule has 0 spiro atoms. The van der Waals surface area contributed by atoms with E-state index in [9.17, 15) is 9.59 Å². The van der Waals surface area contributed by atoms with Crippen molar-refractivity contribution >= 4 is 11.8 Å². The molecule has 2 aliphatic rings. The van der Waals surface area contributed by atoms with Crippen molar-refractivity contribution < 1.29 is 28.5 Å². The van der Waals surface area contributed by atoms with Crippen LogP contribution in [0.25, 0.3) is 0 Å². The smallest absolute Gasteiger partial charge is 0.223 e. The van der Waals surface area contributed by atoms with E-state index in [4.69, 9.17) is 18.9 Å². The Morgan fingerprint density at radius 2 is 0.912 bits per heavy atom. The molecule has 2 heterocycles. The standard InChI is InChI=1S/2C13H17NO3/c2*1-8-7-9(14-13(8)15)12-10(16-2)5-4-6-11(12)17-3/h2*4-6,8-9H,7H2,1-3H3,(H,14,15). The molecule has 0 aromatic heterocycles. The normalized spacial score (nSPS) is 23.4. The van der Waals surface area contributed by atoms with Crippen LogP contribution in [0.5, 0.6) is 23.0 Å². The molecule has 2 saturated heterocycles. The van der Waals surface area contributed by atoms with Gasteiger partial charge < -0.3 is 29.6 Å². The zero-order valence-electron chi connectivity index (χ0n) is 20.6. The first-order chi connectivity index (χ1) is 16.3. The van der Waals surface area contributed by atoms with Crippen molar-refractivity contribution in [1.82, 2.24) is 10.6 Å². The second kappa shape index (κ2) is 11.1. The average molecular weight is 471 g/mol. The van der Waals surface area contributed by atoms with E-state index in [0.717, 1.165) is 47.0 Å². The van der Waals surface area contributed by atoms with Crippen molar-refractivity contribution in [3.8, 4) is 23.0 Å². The molecule has 2 aromatic rings. The van der Waals surface area contributed by atoms with Gasteiger partial charge >= 0.3 is 0 Å². The number of benzene rings is 2. The summed E-state index contributed by atoms with van der Waals surface area (Å²) in [6.45, 7) is 3.86. The van der Waals surface area contributed by atoms with Gasteiger partial charge in [0, 0.05) is 11.8 Å². The topological polar surface area (TPSA) is 95.1 Å². The lowest BCUT2D eigenvalue weighted by molar-refractivity contribution is -0.122. The Labute approximate surface area is 200 Å². The number of carbonyl (C=O) groups excluding carboxylic acids is 2. The van der Waals surface area contributed by atoms with Crippen molar-refractivity contribution in [1.29, 1.82) is 0 Å². The molecule has 0 aliphatic carbocycles. The Kier molecular flexibility index (Phi) is 8.26. The fourth-order valence-corrected chi connectivity index (χ4v) is 4.49. The van der Waals surface area contributed by atoms with Gasteiger partial charge in [0.2, 0.25) is 11.8 Å². The van der Waals surface area contributed by atoms with Gasteiger partial charge in [-0.1, -0.05) is 26.0 Å². The summed E-state index contributed by atoms with van der Waals surface area (Å²) in [7, 11) is 6.49. The highest BCUT2D eigenvalue weighted by Crippen LogP contribution is 2.40. The van der Waals surface area contributed by atoms with E-state index in [-0.39, 0.29) is 35.7 Å². The maximum Gasteiger partial charge on any atom is 0.223 e. The molecule has 8 heteroatoms. The van der Waals surface area contributed by atoms with E-state index in [0.29, 0.717) is 0 Å². The highest BCUT2D eigenvalue weighted by Gasteiger charge is 2.34. The number of methoxy groups -OCH3 is 4. The Balaban J connectivity index is 0.000000191. The third kappa shape index (κ3) is 5.21. The van der Waals surface area contributed by atoms with Gasteiger partial charge in [-0.05, 0) is 37.1 Å². The van der Waals surface area contributed by atoms with Crippen molar-refractivity contribution in [3.05, 3.63) is 47.5 Å². The molecule has 4 atom stereocenters. The molecule has 2 aromatic carbocycles. The molecule has 0 radical (unpaired) electrons. The summed E-state index contributed by atoms with van der Waals surface area (Å²) in [6, 6.07) is 11.2. The molecule has 2 aliphatic heterocycles. The first-order valence-corrected chi connectivity index (χ1v) is 11.4. The summed E-state index contributed by atoms with van der Waals surface area (Å²) in [5.74, 6) is 3.26. The second-order valence-electron chi connectivity index (χ2n) is 8.55. The third-order valence-corrected chi connectivity index (χ3v) is 6.34. The first-order valence-electron chi connectivity index (χ1n) is 11.4. The molecule has 2 N–H and O–H groups in total. The SMILES string of the molecule is COc1cccc(OC)c1C1CC(C)C(=O)N1.COc1cccc(OC)c1C1CC(C)C(=O)N1. The minimum atomic E-state index is -0.0244. The van der Waals surface area contributed by atoms with Crippen molar-refractivity contribution in [3.63, 3.8) is 0 Å². The van der Waals surface area contributed by atoms with Gasteiger partial charge in [-0.2, -0.15) is 0 Å². The van der Waals surface area contributed by atoms with Gasteiger partial charge in [0.15, 0.2) is 0 Å². The van der Waals surface area contributed by atoms with Crippen LogP contribution in [-0.4, -0.2) is 40.3 Å². The van der Waals surface area contributed by atoms with Gasteiger partial charge in [0.1, 0.15) is 23.0 Å². The fourth-order valence-electron chi connectivity index (χ4n) is 4.49. The Morgan fingerprint density at radius 1 is 0.618 bits per heavy atom. The van der Waals surface area contributed by atoms with Crippen molar-refractivity contribution in [2.24, 2.45) is 11.8 Å². The summed E-state index contributed by atoms with van der Waals surface area (Å²) in [6.07, 6.45) is 1.55. The molecule has 8 nitrogen and oxygen atoms in total. The van der Waals surface area contributed by atoms with Crippen LogP contribution in [0.1, 0.15) is 49.9 Å². The molecule has 2 amide bonds. The lowest BCUT2D eigenvalue weighted by Gasteiger charge is -2.18. The zero-order chi connectivity index (χ0) is 24.8. The van der Waals surface area contributed by atoms with Gasteiger partial charge in [-0.15, -0.1) is 0 Å². The Bertz CT molecular complexity index is 898. The predicted octanol–water partition coefficient (Wildman–Crippen LogP) is 3.80. The van der Waals surface area contributed by atoms with E-state index in [1.165, 1.54) is 0 Å². The van der Waals surface area contributed by atoms with Crippen LogP contribution in [-0.2, 0) is 9.59 Å². The van der Waals surface area contributed by atoms with Crippen LogP contribution >= 0.6 is 0 Å². The largest absolute Gasteiger partial charge is 0.496 e. The van der Waals surface area contributed by atoms with Crippen molar-refractivity contribution in [2.75, 3.05) is 28.4 Å². The monoisotopic (exact) mass is 470 g/mol. The average Bonchev–Trinajstić information content (AvgIpc) is 3.37. The highest BCUT2D eigenvalue weighted by molar-refractivity contribution is 5.82. The predicted molar refractivity (Wildman–Crippen MR) is 128 cm³/mol. The number of amides is 2. The van der Waals surface area contributed by atoms with Gasteiger partial charge in [0.25, 0.3) is 0 Å². The summed E-state index contributed by atoms with van der Waals surface area (Å²) < 4.78 is 21.4. The van der Waals surface area contributed by atoms with Crippen molar-refractivity contribution in [2.45, 2.75) is 38.8 Å². The van der Waals surface area contributed by atoms with Crippen LogP contribution in [0.4, 0.5) is 0 Å². The molecule has 4 unspecified atom stereocenters. The summed E-state index contributed by atoms with van der Waals surface area (Å²) in [5, 5.41) is 5.94. The van der Waals surface area contributed by atoms with Crippen LogP contribution in [0.15, 0.2) is 36.4 Å². The van der Waals surface area contributed by atoms with E-state index < -0.39 is 0 Å². The molecular formula is C26H34N2O6. The second-order valence-corrected chi connectivity index (χ2v) is 8.55. The highest BCUT2D eigenvalue weighted by atomic mass is 16.5. The minimum Gasteiger partial charge on any atom is -0.496 e. The molecule has 4 rings (SSSR count). The third-order valence-electron chi connectivity index (χ3n) is 6.34. The Hall–Kier alpha value is -3.42. The Morgan fingerprint density at radius 3 is 1.12 bits per heavy atom. The molecule has 2 fully saturated rings. The quantitative estimate of drug-likeness (QED) is 0.667. The van der Waals surface area contributed by atoms with E-state index >= 15 is 0 Å². The lowest BCUT2D eigenvalue weighted by Crippen LogP contribution is -2.21. The van der Waals surface area contributed by atoms with E-state index in [1.807, 2.05) is 50.2 Å². The summed E-state index contributed by atoms with van der Waals surface area (Å²) in [5.41, 5.74) is 1.85. The van der Waals surface area contributed by atoms with Crippen LogP contribution < -0.4 is 29.6 Å². The molecule has 0 saturated carbocycles. The summed E-state index contributed by atoms with van der Waals surface area (Å²) >= 11 is 0. The van der Waals surface area contributed by atoms with Gasteiger partial charge in [0.05, 0.1) is 51.6 Å². The summed E-state index contributed by atoms with van der Waals surface area (Å²) in [4.78, 5) is 23.1. The first kappa shape index (κ1) is 25.2. The number of hydrogen-bond donors (Lipinski definition) is 2.